The Labute approximate surface area is 394 Å². The Kier molecular flexibility index (Phi) is 9.48. The Bertz CT molecular complexity index is 3940. The Hall–Kier alpha value is -8.77. The number of furan rings is 1. The number of anilines is 3. The van der Waals surface area contributed by atoms with Crippen molar-refractivity contribution in [1.29, 1.82) is 0 Å². The minimum Gasteiger partial charge on any atom is -0.456 e. The van der Waals surface area contributed by atoms with Crippen LogP contribution in [0.5, 0.6) is 0 Å². The van der Waals surface area contributed by atoms with E-state index in [2.05, 4.69) is 217 Å². The van der Waals surface area contributed by atoms with Crippen LogP contribution in [0.2, 0.25) is 0 Å². The molecule has 68 heavy (non-hydrogen) atoms. The number of benzene rings is 11. The number of fused-ring (bicyclic) bond motifs is 8. The van der Waals surface area contributed by atoms with Crippen LogP contribution in [0, 0.1) is 0 Å². The Morgan fingerprint density at radius 3 is 1.65 bits per heavy atom. The van der Waals surface area contributed by atoms with Gasteiger partial charge < -0.3 is 13.7 Å². The van der Waals surface area contributed by atoms with Crippen LogP contribution >= 0.6 is 0 Å². The highest BCUT2D eigenvalue weighted by atomic mass is 28.3. The Morgan fingerprint density at radius 1 is 0.338 bits per heavy atom. The van der Waals surface area contributed by atoms with E-state index in [1.807, 2.05) is 42.5 Å². The zero-order chi connectivity index (χ0) is 45.0. The molecule has 0 atom stereocenters. The molecular formula is C63H42N2O2Si. The topological polar surface area (TPSA) is 42.4 Å². The Morgan fingerprint density at radius 2 is 0.882 bits per heavy atom. The van der Waals surface area contributed by atoms with Gasteiger partial charge in [0.15, 0.2) is 13.7 Å². The summed E-state index contributed by atoms with van der Waals surface area (Å²) in [5, 5.41) is 11.7. The molecule has 0 N–H and O–H groups in total. The number of aromatic nitrogens is 1. The first kappa shape index (κ1) is 39.6. The molecule has 0 aliphatic carbocycles. The summed E-state index contributed by atoms with van der Waals surface area (Å²) < 4.78 is 13.3. The average molecular weight is 887 g/mol. The van der Waals surface area contributed by atoms with Crippen molar-refractivity contribution in [2.75, 3.05) is 4.90 Å². The monoisotopic (exact) mass is 886 g/mol. The second kappa shape index (κ2) is 16.3. The lowest BCUT2D eigenvalue weighted by atomic mass is 10.00. The molecular weight excluding hydrogens is 845 g/mol. The van der Waals surface area contributed by atoms with Gasteiger partial charge in [0, 0.05) is 44.9 Å². The summed E-state index contributed by atoms with van der Waals surface area (Å²) in [4.78, 5) is 7.37. The third-order valence-corrected chi connectivity index (χ3v) is 18.3. The van der Waals surface area contributed by atoms with Crippen LogP contribution in [0.15, 0.2) is 264 Å². The summed E-state index contributed by atoms with van der Waals surface area (Å²) in [7, 11) is -3.01. The highest BCUT2D eigenvalue weighted by molar-refractivity contribution is 7.20. The van der Waals surface area contributed by atoms with E-state index in [1.165, 1.54) is 31.9 Å². The molecule has 0 aliphatic rings. The van der Waals surface area contributed by atoms with Gasteiger partial charge in [-0.15, -0.1) is 0 Å². The fourth-order valence-corrected chi connectivity index (χ4v) is 15.3. The van der Waals surface area contributed by atoms with Gasteiger partial charge in [-0.2, -0.15) is 0 Å². The second-order valence-electron chi connectivity index (χ2n) is 17.5. The number of hydrogen-bond donors (Lipinski definition) is 0. The van der Waals surface area contributed by atoms with E-state index in [-0.39, 0.29) is 0 Å². The maximum atomic E-state index is 6.71. The minimum absolute atomic E-state index is 0.609. The summed E-state index contributed by atoms with van der Waals surface area (Å²) in [6.45, 7) is 0. The molecule has 0 saturated carbocycles. The molecule has 2 heterocycles. The van der Waals surface area contributed by atoms with Gasteiger partial charge >= 0.3 is 0 Å². The van der Waals surface area contributed by atoms with Crippen molar-refractivity contribution >= 4 is 100 Å². The van der Waals surface area contributed by atoms with Crippen molar-refractivity contribution < 1.29 is 8.83 Å². The van der Waals surface area contributed by atoms with Gasteiger partial charge in [0.2, 0.25) is 5.89 Å². The predicted molar refractivity (Wildman–Crippen MR) is 285 cm³/mol. The van der Waals surface area contributed by atoms with E-state index < -0.39 is 8.07 Å². The predicted octanol–water partition coefficient (Wildman–Crippen LogP) is 14.2. The molecule has 0 saturated heterocycles. The lowest BCUT2D eigenvalue weighted by molar-refractivity contribution is 0.623. The standard InChI is InChI=1S/C63H42N2O2Si/c1-5-17-43(18-6-1)47-21-15-27-53(39-47)68(51-23-9-3-10-24-51,52-25-11-4-12-26-52)54-28-16-22-48(40-54)65(50-36-37-56-55-29-13-14-30-59(55)66-60(56)42-50)49-35-33-44-31-32-45-34-38-58-62(61(45)57(44)41-49)67-63(64-58)46-19-7-2-8-20-46/h1-42H. The molecule has 2 aromatic heterocycles. The molecule has 0 unspecified atom stereocenters. The SMILES string of the molecule is c1ccc(-c2cccc([Si](c3ccccc3)(c3ccccc3)c3cccc(N(c4ccc5c(c4)oc4ccccc45)c4ccc5ccc6ccc7nc(-c8ccccc8)oc7c6c5c4)c3)c2)cc1. The summed E-state index contributed by atoms with van der Waals surface area (Å²) in [5.41, 5.74) is 9.69. The number of nitrogens with zero attached hydrogens (tertiary/aromatic N) is 2. The van der Waals surface area contributed by atoms with E-state index in [9.17, 15) is 0 Å². The first-order valence-corrected chi connectivity index (χ1v) is 25.1. The van der Waals surface area contributed by atoms with Gasteiger partial charge in [-0.3, -0.25) is 0 Å². The molecule has 320 valence electrons. The fraction of sp³-hybridized carbons (Fsp3) is 0. The molecule has 0 bridgehead atoms. The number of rotatable bonds is 9. The molecule has 4 nitrogen and oxygen atoms in total. The molecule has 0 fully saturated rings. The van der Waals surface area contributed by atoms with E-state index in [1.54, 1.807) is 0 Å². The second-order valence-corrected chi connectivity index (χ2v) is 21.3. The summed E-state index contributed by atoms with van der Waals surface area (Å²) >= 11 is 0. The van der Waals surface area contributed by atoms with Crippen LogP contribution in [-0.4, -0.2) is 13.1 Å². The van der Waals surface area contributed by atoms with Gasteiger partial charge in [0.1, 0.15) is 16.7 Å². The number of oxazole rings is 1. The number of hydrogen-bond acceptors (Lipinski definition) is 4. The molecule has 0 radical (unpaired) electrons. The first-order valence-electron chi connectivity index (χ1n) is 23.1. The normalized spacial score (nSPS) is 11.8. The third kappa shape index (κ3) is 6.55. The minimum atomic E-state index is -3.01. The van der Waals surface area contributed by atoms with E-state index in [4.69, 9.17) is 13.8 Å². The first-order chi connectivity index (χ1) is 33.7. The zero-order valence-corrected chi connectivity index (χ0v) is 38.0. The summed E-state index contributed by atoms with van der Waals surface area (Å²) in [6.07, 6.45) is 0. The van der Waals surface area contributed by atoms with Gasteiger partial charge in [-0.1, -0.05) is 188 Å². The van der Waals surface area contributed by atoms with Crippen molar-refractivity contribution in [1.82, 2.24) is 4.98 Å². The van der Waals surface area contributed by atoms with Gasteiger partial charge in [-0.25, -0.2) is 4.98 Å². The Balaban J connectivity index is 1.07. The van der Waals surface area contributed by atoms with Crippen molar-refractivity contribution in [2.45, 2.75) is 0 Å². The van der Waals surface area contributed by atoms with E-state index >= 15 is 0 Å². The largest absolute Gasteiger partial charge is 0.456 e. The van der Waals surface area contributed by atoms with Crippen molar-refractivity contribution in [3.8, 4) is 22.6 Å². The lowest BCUT2D eigenvalue weighted by Gasteiger charge is -2.36. The van der Waals surface area contributed by atoms with Crippen LogP contribution in [0.4, 0.5) is 17.1 Å². The van der Waals surface area contributed by atoms with Crippen LogP contribution in [-0.2, 0) is 0 Å². The van der Waals surface area contributed by atoms with Gasteiger partial charge in [0.05, 0.1) is 0 Å². The fourth-order valence-electron chi connectivity index (χ4n) is 10.5. The van der Waals surface area contributed by atoms with Crippen molar-refractivity contribution in [3.05, 3.63) is 255 Å². The highest BCUT2D eigenvalue weighted by Crippen LogP contribution is 2.42. The van der Waals surface area contributed by atoms with E-state index in [0.717, 1.165) is 77.2 Å². The van der Waals surface area contributed by atoms with Crippen LogP contribution in [0.25, 0.3) is 77.2 Å². The summed E-state index contributed by atoms with van der Waals surface area (Å²) in [6, 6.07) is 92.0. The quantitative estimate of drug-likeness (QED) is 0.0823. The molecule has 13 aromatic rings. The van der Waals surface area contributed by atoms with Crippen LogP contribution in [0.3, 0.4) is 0 Å². The molecule has 0 spiro atoms. The lowest BCUT2D eigenvalue weighted by Crippen LogP contribution is -2.74. The van der Waals surface area contributed by atoms with Crippen LogP contribution in [0.1, 0.15) is 0 Å². The highest BCUT2D eigenvalue weighted by Gasteiger charge is 2.42. The van der Waals surface area contributed by atoms with Crippen molar-refractivity contribution in [3.63, 3.8) is 0 Å². The molecule has 5 heteroatoms. The van der Waals surface area contributed by atoms with E-state index in [0.29, 0.717) is 5.89 Å². The zero-order valence-electron chi connectivity index (χ0n) is 37.0. The van der Waals surface area contributed by atoms with Gasteiger partial charge in [0.25, 0.3) is 0 Å². The van der Waals surface area contributed by atoms with Gasteiger partial charge in [-0.05, 0) is 109 Å². The molecule has 11 aromatic carbocycles. The average Bonchev–Trinajstić information content (AvgIpc) is 4.02. The molecule has 13 rings (SSSR count). The van der Waals surface area contributed by atoms with Crippen LogP contribution < -0.4 is 25.6 Å². The maximum absolute atomic E-state index is 6.71. The van der Waals surface area contributed by atoms with Crippen molar-refractivity contribution in [2.24, 2.45) is 0 Å². The molecule has 0 aliphatic heterocycles. The number of para-hydroxylation sites is 1. The molecule has 0 amide bonds. The smallest absolute Gasteiger partial charge is 0.227 e. The maximum Gasteiger partial charge on any atom is 0.227 e. The summed E-state index contributed by atoms with van der Waals surface area (Å²) in [5.74, 6) is 0.609. The third-order valence-electron chi connectivity index (χ3n) is 13.6.